The highest BCUT2D eigenvalue weighted by molar-refractivity contribution is 6.42. The van der Waals surface area contributed by atoms with E-state index in [1.54, 1.807) is 24.3 Å². The highest BCUT2D eigenvalue weighted by atomic mass is 35.5. The number of hydrogen-bond acceptors (Lipinski definition) is 5. The van der Waals surface area contributed by atoms with Gasteiger partial charge in [-0.05, 0) is 67.5 Å². The van der Waals surface area contributed by atoms with E-state index in [1.165, 1.54) is 14.2 Å². The second-order valence-corrected chi connectivity index (χ2v) is 11.8. The zero-order valence-corrected chi connectivity index (χ0v) is 23.8. The summed E-state index contributed by atoms with van der Waals surface area (Å²) in [5, 5.41) is 4.14. The molecule has 2 amide bonds. The molecular formula is C30H34Cl2N2O5. The Morgan fingerprint density at radius 2 is 1.77 bits per heavy atom. The molecule has 0 spiro atoms. The first-order valence-electron chi connectivity index (χ1n) is 13.5. The van der Waals surface area contributed by atoms with Crippen LogP contribution in [-0.2, 0) is 15.0 Å². The summed E-state index contributed by atoms with van der Waals surface area (Å²) in [6.45, 7) is 1.35. The molecule has 1 heterocycles. The van der Waals surface area contributed by atoms with E-state index in [2.05, 4.69) is 5.32 Å². The van der Waals surface area contributed by atoms with Gasteiger partial charge in [0.05, 0.1) is 35.2 Å². The number of likely N-dealkylation sites (tertiary alicyclic amines) is 1. The highest BCUT2D eigenvalue weighted by Gasteiger charge is 2.55. The van der Waals surface area contributed by atoms with Gasteiger partial charge in [-0.25, -0.2) is 0 Å². The van der Waals surface area contributed by atoms with Crippen LogP contribution in [0.4, 0.5) is 0 Å². The molecule has 208 valence electrons. The maximum atomic E-state index is 13.7. The molecule has 9 heteroatoms. The third-order valence-electron chi connectivity index (χ3n) is 8.65. The molecule has 2 aliphatic carbocycles. The van der Waals surface area contributed by atoms with Gasteiger partial charge in [0, 0.05) is 37.9 Å². The molecule has 2 saturated carbocycles. The van der Waals surface area contributed by atoms with Crippen molar-refractivity contribution in [1.82, 2.24) is 10.2 Å². The third-order valence-corrected chi connectivity index (χ3v) is 9.39. The molecule has 1 N–H and O–H groups in total. The quantitative estimate of drug-likeness (QED) is 0.404. The predicted octanol–water partition coefficient (Wildman–Crippen LogP) is 5.45. The lowest BCUT2D eigenvalue weighted by Crippen LogP contribution is -2.45. The monoisotopic (exact) mass is 572 g/mol. The molecule has 3 atom stereocenters. The summed E-state index contributed by atoms with van der Waals surface area (Å²) in [5.74, 6) is 1.43. The minimum absolute atomic E-state index is 0.00404. The van der Waals surface area contributed by atoms with Crippen molar-refractivity contribution in [2.75, 3.05) is 27.3 Å². The van der Waals surface area contributed by atoms with Gasteiger partial charge in [-0.2, -0.15) is 0 Å². The number of rotatable bonds is 9. The van der Waals surface area contributed by atoms with Crippen LogP contribution in [0.5, 0.6) is 11.5 Å². The van der Waals surface area contributed by atoms with Crippen LogP contribution in [0.15, 0.2) is 36.4 Å². The molecule has 39 heavy (non-hydrogen) atoms. The molecule has 0 bridgehead atoms. The molecule has 5 rings (SSSR count). The van der Waals surface area contributed by atoms with Crippen molar-refractivity contribution in [3.63, 3.8) is 0 Å². The van der Waals surface area contributed by atoms with Gasteiger partial charge < -0.3 is 19.7 Å². The van der Waals surface area contributed by atoms with Crippen LogP contribution in [0.3, 0.4) is 0 Å². The van der Waals surface area contributed by atoms with Crippen molar-refractivity contribution >= 4 is 40.8 Å². The zero-order chi connectivity index (χ0) is 27.7. The number of halogens is 2. The fourth-order valence-electron chi connectivity index (χ4n) is 6.34. The van der Waals surface area contributed by atoms with Crippen molar-refractivity contribution in [3.8, 4) is 11.5 Å². The Hall–Kier alpha value is -2.77. The van der Waals surface area contributed by atoms with Gasteiger partial charge in [-0.15, -0.1) is 0 Å². The van der Waals surface area contributed by atoms with Crippen LogP contribution in [0.1, 0.15) is 60.9 Å². The Morgan fingerprint density at radius 3 is 2.46 bits per heavy atom. The topological polar surface area (TPSA) is 84.9 Å². The lowest BCUT2D eigenvalue weighted by Gasteiger charge is -2.33. The first-order valence-corrected chi connectivity index (χ1v) is 14.3. The Morgan fingerprint density at radius 1 is 0.974 bits per heavy atom. The largest absolute Gasteiger partial charge is 0.497 e. The van der Waals surface area contributed by atoms with Crippen molar-refractivity contribution in [3.05, 3.63) is 57.6 Å². The van der Waals surface area contributed by atoms with Crippen LogP contribution in [-0.4, -0.2) is 55.8 Å². The van der Waals surface area contributed by atoms with Gasteiger partial charge in [0.2, 0.25) is 11.8 Å². The molecule has 0 unspecified atom stereocenters. The molecule has 2 aromatic carbocycles. The average molecular weight is 574 g/mol. The lowest BCUT2D eigenvalue weighted by atomic mass is 9.78. The van der Waals surface area contributed by atoms with E-state index < -0.39 is 5.41 Å². The van der Waals surface area contributed by atoms with Crippen molar-refractivity contribution in [1.29, 1.82) is 0 Å². The minimum Gasteiger partial charge on any atom is -0.497 e. The van der Waals surface area contributed by atoms with Crippen LogP contribution >= 0.6 is 23.2 Å². The summed E-state index contributed by atoms with van der Waals surface area (Å²) in [6, 6.07) is 10.5. The van der Waals surface area contributed by atoms with Crippen LogP contribution in [0.25, 0.3) is 0 Å². The number of carbonyl (C=O) groups excluding carboxylic acids is 3. The maximum Gasteiger partial charge on any atom is 0.233 e. The molecule has 1 aliphatic heterocycles. The number of carbonyl (C=O) groups is 3. The number of nitrogens with one attached hydrogen (secondary N) is 1. The summed E-state index contributed by atoms with van der Waals surface area (Å²) in [7, 11) is 3.05. The van der Waals surface area contributed by atoms with Gasteiger partial charge in [-0.1, -0.05) is 35.7 Å². The number of ketones is 1. The molecule has 3 aliphatic rings. The third kappa shape index (κ3) is 5.62. The first-order chi connectivity index (χ1) is 18.8. The van der Waals surface area contributed by atoms with E-state index in [4.69, 9.17) is 32.7 Å². The fourth-order valence-corrected chi connectivity index (χ4v) is 6.63. The summed E-state index contributed by atoms with van der Waals surface area (Å²) in [6.07, 6.45) is 4.72. The minimum atomic E-state index is -0.512. The van der Waals surface area contributed by atoms with Gasteiger partial charge >= 0.3 is 0 Å². The summed E-state index contributed by atoms with van der Waals surface area (Å²) >= 11 is 12.4. The SMILES string of the molecule is COc1ccc(OC)c(C(=O)CCC(=O)N[C@@H]2CCC[C@@H]3CN(C(=O)C4(c5ccc(Cl)c(Cl)c5)CC4)C[C@@H]32)c1. The Bertz CT molecular complexity index is 1280. The standard InChI is InChI=1S/C30H34Cl2N2O5/c1-38-20-7-10-27(39-2)21(15-20)26(35)9-11-28(36)33-25-5-3-4-18-16-34(17-22(18)25)29(37)30(12-13-30)19-6-8-23(31)24(32)14-19/h6-8,10,14-15,18,22,25H,3-5,9,11-13,16-17H2,1-2H3,(H,33,36)/t18-,22+,25-/m1/s1. The van der Waals surface area contributed by atoms with E-state index in [0.29, 0.717) is 46.1 Å². The van der Waals surface area contributed by atoms with Crippen molar-refractivity contribution < 1.29 is 23.9 Å². The second kappa shape index (κ2) is 11.4. The second-order valence-electron chi connectivity index (χ2n) is 10.9. The number of nitrogens with zero attached hydrogens (tertiary/aromatic N) is 1. The molecular weight excluding hydrogens is 539 g/mol. The van der Waals surface area contributed by atoms with Gasteiger partial charge in [-0.3, -0.25) is 14.4 Å². The first kappa shape index (κ1) is 27.8. The van der Waals surface area contributed by atoms with Gasteiger partial charge in [0.25, 0.3) is 0 Å². The van der Waals surface area contributed by atoms with Crippen molar-refractivity contribution in [2.45, 2.75) is 56.4 Å². The highest BCUT2D eigenvalue weighted by Crippen LogP contribution is 2.52. The fraction of sp³-hybridized carbons (Fsp3) is 0.500. The number of fused-ring (bicyclic) bond motifs is 1. The number of methoxy groups -OCH3 is 2. The van der Waals surface area contributed by atoms with Gasteiger partial charge in [0.1, 0.15) is 11.5 Å². The number of Topliss-reactive ketones (excluding diaryl/α,β-unsaturated/α-hetero) is 1. The Labute approximate surface area is 239 Å². The number of amides is 2. The van der Waals surface area contributed by atoms with E-state index in [1.807, 2.05) is 17.0 Å². The summed E-state index contributed by atoms with van der Waals surface area (Å²) in [5.41, 5.74) is 0.824. The van der Waals surface area contributed by atoms with Crippen molar-refractivity contribution in [2.24, 2.45) is 11.8 Å². The number of benzene rings is 2. The van der Waals surface area contributed by atoms with E-state index in [0.717, 1.165) is 37.7 Å². The van der Waals surface area contributed by atoms with Gasteiger partial charge in [0.15, 0.2) is 5.78 Å². The predicted molar refractivity (Wildman–Crippen MR) is 150 cm³/mol. The molecule has 2 aromatic rings. The molecule has 1 saturated heterocycles. The summed E-state index contributed by atoms with van der Waals surface area (Å²) in [4.78, 5) is 41.5. The lowest BCUT2D eigenvalue weighted by molar-refractivity contribution is -0.133. The number of hydrogen-bond donors (Lipinski definition) is 1. The number of ether oxygens (including phenoxy) is 2. The van der Waals surface area contributed by atoms with E-state index in [-0.39, 0.29) is 42.4 Å². The Kier molecular flexibility index (Phi) is 8.11. The van der Waals surface area contributed by atoms with Crippen LogP contribution in [0, 0.1) is 11.8 Å². The molecule has 3 fully saturated rings. The van der Waals surface area contributed by atoms with E-state index in [9.17, 15) is 14.4 Å². The Balaban J connectivity index is 1.19. The smallest absolute Gasteiger partial charge is 0.233 e. The molecule has 0 radical (unpaired) electrons. The zero-order valence-electron chi connectivity index (χ0n) is 22.3. The molecule has 0 aromatic heterocycles. The van der Waals surface area contributed by atoms with Crippen LogP contribution < -0.4 is 14.8 Å². The molecule has 7 nitrogen and oxygen atoms in total. The van der Waals surface area contributed by atoms with Crippen LogP contribution in [0.2, 0.25) is 10.0 Å². The summed E-state index contributed by atoms with van der Waals surface area (Å²) < 4.78 is 10.5. The normalized spacial score (nSPS) is 23.1. The maximum absolute atomic E-state index is 13.7. The average Bonchev–Trinajstić information content (AvgIpc) is 3.64. The van der Waals surface area contributed by atoms with E-state index >= 15 is 0 Å².